The number of hydrogen-bond acceptors (Lipinski definition) is 3. The number of halogens is 1. The predicted octanol–water partition coefficient (Wildman–Crippen LogP) is 3.42. The number of hydrogen-bond donors (Lipinski definition) is 2. The number of nitrogen functional groups attached to an aromatic ring is 1. The summed E-state index contributed by atoms with van der Waals surface area (Å²) >= 11 is 6.00. The van der Waals surface area contributed by atoms with E-state index in [9.17, 15) is 4.79 Å². The lowest BCUT2D eigenvalue weighted by atomic mass is 10.1. The predicted molar refractivity (Wildman–Crippen MR) is 82.8 cm³/mol. The maximum atomic E-state index is 12.7. The Morgan fingerprint density at radius 2 is 1.95 bits per heavy atom. The van der Waals surface area contributed by atoms with E-state index < -0.39 is 0 Å². The molecule has 0 aliphatic heterocycles. The molecule has 0 bridgehead atoms. The number of carbonyl (C=O) groups is 1. The van der Waals surface area contributed by atoms with Crippen molar-refractivity contribution in [2.75, 3.05) is 12.5 Å². The van der Waals surface area contributed by atoms with Crippen molar-refractivity contribution in [3.63, 3.8) is 0 Å². The highest BCUT2D eigenvalue weighted by Gasteiger charge is 2.24. The van der Waals surface area contributed by atoms with Crippen molar-refractivity contribution < 1.29 is 4.79 Å². The molecule has 1 aromatic carbocycles. The molecule has 5 heteroatoms. The minimum Gasteiger partial charge on any atom is -0.339 e. The zero-order valence-electron chi connectivity index (χ0n) is 11.9. The Morgan fingerprint density at radius 3 is 2.55 bits per heavy atom. The molecule has 0 atom stereocenters. The van der Waals surface area contributed by atoms with E-state index in [2.05, 4.69) is 5.43 Å². The minimum absolute atomic E-state index is 0.0210. The number of benzene rings is 1. The summed E-state index contributed by atoms with van der Waals surface area (Å²) < 4.78 is 0. The molecule has 1 saturated carbocycles. The summed E-state index contributed by atoms with van der Waals surface area (Å²) in [7, 11) is 1.87. The number of rotatable bonds is 3. The Morgan fingerprint density at radius 1 is 1.30 bits per heavy atom. The van der Waals surface area contributed by atoms with E-state index in [4.69, 9.17) is 17.4 Å². The van der Waals surface area contributed by atoms with E-state index in [1.54, 1.807) is 18.2 Å². The van der Waals surface area contributed by atoms with Gasteiger partial charge in [0.05, 0.1) is 11.3 Å². The van der Waals surface area contributed by atoms with Crippen LogP contribution in [0.2, 0.25) is 5.02 Å². The molecule has 1 fully saturated rings. The van der Waals surface area contributed by atoms with Crippen LogP contribution in [0.15, 0.2) is 18.2 Å². The lowest BCUT2D eigenvalue weighted by Gasteiger charge is -2.28. The van der Waals surface area contributed by atoms with Crippen molar-refractivity contribution >= 4 is 23.2 Å². The summed E-state index contributed by atoms with van der Waals surface area (Å²) in [6, 6.07) is 5.44. The minimum atomic E-state index is -0.0210. The fraction of sp³-hybridized carbons (Fsp3) is 0.533. The molecule has 3 N–H and O–H groups in total. The third kappa shape index (κ3) is 3.44. The molecule has 0 spiro atoms. The van der Waals surface area contributed by atoms with E-state index in [1.165, 1.54) is 25.7 Å². The van der Waals surface area contributed by atoms with Crippen LogP contribution in [-0.2, 0) is 0 Å². The molecular formula is C15H22ClN3O. The van der Waals surface area contributed by atoms with Gasteiger partial charge in [-0.2, -0.15) is 0 Å². The smallest absolute Gasteiger partial charge is 0.256 e. The lowest BCUT2D eigenvalue weighted by Crippen LogP contribution is -2.37. The van der Waals surface area contributed by atoms with Crippen LogP contribution < -0.4 is 11.3 Å². The first kappa shape index (κ1) is 15.1. The summed E-state index contributed by atoms with van der Waals surface area (Å²) in [6.45, 7) is 0. The van der Waals surface area contributed by atoms with Gasteiger partial charge in [-0.1, -0.05) is 37.3 Å². The Labute approximate surface area is 125 Å². The highest BCUT2D eigenvalue weighted by atomic mass is 35.5. The van der Waals surface area contributed by atoms with Crippen molar-refractivity contribution in [3.8, 4) is 0 Å². The highest BCUT2D eigenvalue weighted by Crippen LogP contribution is 2.25. The van der Waals surface area contributed by atoms with Crippen molar-refractivity contribution in [1.82, 2.24) is 4.90 Å². The van der Waals surface area contributed by atoms with Crippen LogP contribution in [0.3, 0.4) is 0 Å². The quantitative estimate of drug-likeness (QED) is 0.510. The van der Waals surface area contributed by atoms with Gasteiger partial charge in [0.1, 0.15) is 0 Å². The number of nitrogens with two attached hydrogens (primary N) is 1. The summed E-state index contributed by atoms with van der Waals surface area (Å²) in [6.07, 6.45) is 7.08. The summed E-state index contributed by atoms with van der Waals surface area (Å²) in [5.41, 5.74) is 3.71. The normalized spacial score (nSPS) is 16.6. The van der Waals surface area contributed by atoms with Crippen molar-refractivity contribution in [1.29, 1.82) is 0 Å². The second-order valence-electron chi connectivity index (χ2n) is 5.40. The fourth-order valence-electron chi connectivity index (χ4n) is 2.82. The second kappa shape index (κ2) is 6.95. The van der Waals surface area contributed by atoms with Crippen molar-refractivity contribution in [3.05, 3.63) is 28.8 Å². The molecule has 1 aromatic rings. The van der Waals surface area contributed by atoms with Gasteiger partial charge in [0.25, 0.3) is 5.91 Å². The van der Waals surface area contributed by atoms with Crippen LogP contribution in [0.4, 0.5) is 5.69 Å². The zero-order valence-corrected chi connectivity index (χ0v) is 12.6. The molecule has 0 aromatic heterocycles. The third-order valence-corrected chi connectivity index (χ3v) is 4.30. The van der Waals surface area contributed by atoms with Gasteiger partial charge in [0, 0.05) is 18.1 Å². The average Bonchev–Trinajstić information content (AvgIpc) is 2.74. The van der Waals surface area contributed by atoms with Gasteiger partial charge in [0.15, 0.2) is 0 Å². The molecule has 0 radical (unpaired) electrons. The van der Waals surface area contributed by atoms with E-state index in [0.717, 1.165) is 12.8 Å². The van der Waals surface area contributed by atoms with Gasteiger partial charge in [-0.15, -0.1) is 0 Å². The number of carbonyl (C=O) groups excluding carboxylic acids is 1. The van der Waals surface area contributed by atoms with E-state index in [0.29, 0.717) is 22.3 Å². The zero-order chi connectivity index (χ0) is 14.5. The standard InChI is InChI=1S/C15H22ClN3O/c1-19(12-6-4-2-3-5-7-12)15(20)13-10-11(16)8-9-14(13)18-17/h8-10,12,18H,2-7,17H2,1H3. The summed E-state index contributed by atoms with van der Waals surface area (Å²) in [5, 5.41) is 0.543. The molecule has 20 heavy (non-hydrogen) atoms. The number of anilines is 1. The SMILES string of the molecule is CN(C(=O)c1cc(Cl)ccc1NN)C1CCCCCC1. The molecule has 0 heterocycles. The van der Waals surface area contributed by atoms with E-state index in [-0.39, 0.29) is 5.91 Å². The molecule has 4 nitrogen and oxygen atoms in total. The Bertz CT molecular complexity index is 470. The van der Waals surface area contributed by atoms with Crippen LogP contribution in [0.1, 0.15) is 48.9 Å². The van der Waals surface area contributed by atoms with Crippen LogP contribution in [0.25, 0.3) is 0 Å². The fourth-order valence-corrected chi connectivity index (χ4v) is 2.99. The Hall–Kier alpha value is -1.26. The average molecular weight is 296 g/mol. The van der Waals surface area contributed by atoms with Gasteiger partial charge in [0.2, 0.25) is 0 Å². The Balaban J connectivity index is 2.19. The molecule has 0 saturated heterocycles. The molecule has 1 aliphatic rings. The topological polar surface area (TPSA) is 58.4 Å². The van der Waals surface area contributed by atoms with Gasteiger partial charge in [-0.25, -0.2) is 0 Å². The first-order valence-electron chi connectivity index (χ1n) is 7.17. The van der Waals surface area contributed by atoms with E-state index in [1.807, 2.05) is 11.9 Å². The van der Waals surface area contributed by atoms with Crippen LogP contribution in [-0.4, -0.2) is 23.9 Å². The Kier molecular flexibility index (Phi) is 5.26. The summed E-state index contributed by atoms with van der Waals surface area (Å²) in [4.78, 5) is 14.5. The monoisotopic (exact) mass is 295 g/mol. The van der Waals surface area contributed by atoms with Gasteiger partial charge >= 0.3 is 0 Å². The number of hydrazine groups is 1. The maximum absolute atomic E-state index is 12.7. The van der Waals surface area contributed by atoms with Gasteiger partial charge < -0.3 is 10.3 Å². The summed E-state index contributed by atoms with van der Waals surface area (Å²) in [5.74, 6) is 5.46. The second-order valence-corrected chi connectivity index (χ2v) is 5.83. The highest BCUT2D eigenvalue weighted by molar-refractivity contribution is 6.31. The maximum Gasteiger partial charge on any atom is 0.256 e. The van der Waals surface area contributed by atoms with E-state index >= 15 is 0 Å². The first-order valence-corrected chi connectivity index (χ1v) is 7.54. The van der Waals surface area contributed by atoms with Crippen LogP contribution >= 0.6 is 11.6 Å². The van der Waals surface area contributed by atoms with Crippen molar-refractivity contribution in [2.24, 2.45) is 5.84 Å². The van der Waals surface area contributed by atoms with Gasteiger partial charge in [-0.05, 0) is 31.0 Å². The number of nitrogens with zero attached hydrogens (tertiary/aromatic N) is 1. The lowest BCUT2D eigenvalue weighted by molar-refractivity contribution is 0.0718. The molecule has 110 valence electrons. The molecular weight excluding hydrogens is 274 g/mol. The molecule has 2 rings (SSSR count). The largest absolute Gasteiger partial charge is 0.339 e. The van der Waals surface area contributed by atoms with Gasteiger partial charge in [-0.3, -0.25) is 10.6 Å². The first-order chi connectivity index (χ1) is 9.63. The molecule has 1 amide bonds. The molecule has 1 aliphatic carbocycles. The third-order valence-electron chi connectivity index (χ3n) is 4.06. The number of nitrogens with one attached hydrogen (secondary N) is 1. The molecule has 0 unspecified atom stereocenters. The van der Waals surface area contributed by atoms with Crippen molar-refractivity contribution in [2.45, 2.75) is 44.6 Å². The van der Waals surface area contributed by atoms with Crippen LogP contribution in [0.5, 0.6) is 0 Å². The van der Waals surface area contributed by atoms with Crippen LogP contribution in [0, 0.1) is 0 Å². The number of amides is 1.